The lowest BCUT2D eigenvalue weighted by Crippen LogP contribution is -2.61. The smallest absolute Gasteiger partial charge is 0.300 e. The molecule has 0 radical (unpaired) electrons. The molecule has 0 unspecified atom stereocenters. The standard InChI is InChI=1S/C28H31N5O3/c1-17(2)19-5-7-20(8-6-19)31-28-32-24-13-22(9-10-26(24)36-28)35-23-11-12-29-25(14-23)27(34)30-21-15-33(16-21)18(3)4/h5-14,17-18,21H,15-16H2,1-4H3,(H,30,34)(H,31,32). The highest BCUT2D eigenvalue weighted by molar-refractivity contribution is 5.93. The van der Waals surface area contributed by atoms with E-state index in [0.717, 1.165) is 18.8 Å². The van der Waals surface area contributed by atoms with Crippen LogP contribution in [0.4, 0.5) is 11.7 Å². The van der Waals surface area contributed by atoms with Crippen molar-refractivity contribution in [2.24, 2.45) is 0 Å². The molecule has 1 saturated heterocycles. The highest BCUT2D eigenvalue weighted by Crippen LogP contribution is 2.29. The molecule has 8 heteroatoms. The normalized spacial score (nSPS) is 14.3. The molecule has 186 valence electrons. The minimum atomic E-state index is -0.196. The Morgan fingerprint density at radius 1 is 1.03 bits per heavy atom. The van der Waals surface area contributed by atoms with Gasteiger partial charge in [-0.2, -0.15) is 4.98 Å². The Balaban J connectivity index is 1.24. The van der Waals surface area contributed by atoms with Gasteiger partial charge in [-0.3, -0.25) is 14.7 Å². The second-order valence-electron chi connectivity index (χ2n) is 9.75. The van der Waals surface area contributed by atoms with Gasteiger partial charge in [0.05, 0.1) is 6.04 Å². The molecule has 0 aliphatic carbocycles. The van der Waals surface area contributed by atoms with Crippen LogP contribution >= 0.6 is 0 Å². The minimum Gasteiger partial charge on any atom is -0.457 e. The van der Waals surface area contributed by atoms with Crippen LogP contribution in [0.25, 0.3) is 11.1 Å². The molecule has 1 fully saturated rings. The summed E-state index contributed by atoms with van der Waals surface area (Å²) in [5, 5.41) is 6.24. The van der Waals surface area contributed by atoms with Gasteiger partial charge >= 0.3 is 0 Å². The lowest BCUT2D eigenvalue weighted by atomic mass is 10.0. The van der Waals surface area contributed by atoms with Crippen LogP contribution in [0.3, 0.4) is 0 Å². The van der Waals surface area contributed by atoms with Gasteiger partial charge < -0.3 is 19.8 Å². The van der Waals surface area contributed by atoms with Crippen molar-refractivity contribution in [3.63, 3.8) is 0 Å². The Labute approximate surface area is 210 Å². The number of amides is 1. The van der Waals surface area contributed by atoms with Crippen molar-refractivity contribution in [1.29, 1.82) is 0 Å². The van der Waals surface area contributed by atoms with Crippen molar-refractivity contribution >= 4 is 28.7 Å². The Hall–Kier alpha value is -3.91. The molecule has 0 atom stereocenters. The van der Waals surface area contributed by atoms with E-state index in [2.05, 4.69) is 65.3 Å². The number of pyridine rings is 1. The number of carbonyl (C=O) groups excluding carboxylic acids is 1. The molecule has 0 spiro atoms. The molecule has 4 aromatic rings. The number of anilines is 2. The number of hydrogen-bond acceptors (Lipinski definition) is 7. The van der Waals surface area contributed by atoms with Gasteiger partial charge in [-0.05, 0) is 55.7 Å². The van der Waals surface area contributed by atoms with E-state index in [-0.39, 0.29) is 11.9 Å². The predicted octanol–water partition coefficient (Wildman–Crippen LogP) is 5.70. The molecule has 1 aliphatic rings. The van der Waals surface area contributed by atoms with Crippen molar-refractivity contribution in [3.8, 4) is 11.5 Å². The number of ether oxygens (including phenoxy) is 1. The van der Waals surface area contributed by atoms with E-state index in [4.69, 9.17) is 9.15 Å². The number of likely N-dealkylation sites (tertiary alicyclic amines) is 1. The van der Waals surface area contributed by atoms with E-state index in [0.29, 0.717) is 46.3 Å². The van der Waals surface area contributed by atoms with Crippen LogP contribution in [-0.4, -0.2) is 45.9 Å². The van der Waals surface area contributed by atoms with Crippen molar-refractivity contribution in [2.75, 3.05) is 18.4 Å². The summed E-state index contributed by atoms with van der Waals surface area (Å²) in [7, 11) is 0. The van der Waals surface area contributed by atoms with Crippen LogP contribution in [0.15, 0.2) is 65.2 Å². The third-order valence-corrected chi connectivity index (χ3v) is 6.36. The van der Waals surface area contributed by atoms with Gasteiger partial charge in [-0.15, -0.1) is 0 Å². The van der Waals surface area contributed by atoms with Crippen LogP contribution in [0.2, 0.25) is 0 Å². The summed E-state index contributed by atoms with van der Waals surface area (Å²) in [6.45, 7) is 10.4. The molecule has 8 nitrogen and oxygen atoms in total. The first-order valence-electron chi connectivity index (χ1n) is 12.3. The molecule has 3 heterocycles. The summed E-state index contributed by atoms with van der Waals surface area (Å²) in [6.07, 6.45) is 1.58. The van der Waals surface area contributed by atoms with Gasteiger partial charge in [0.1, 0.15) is 22.7 Å². The zero-order valence-electron chi connectivity index (χ0n) is 21.0. The molecule has 1 amide bonds. The number of aromatic nitrogens is 2. The monoisotopic (exact) mass is 485 g/mol. The van der Waals surface area contributed by atoms with Gasteiger partial charge in [0.15, 0.2) is 5.58 Å². The molecular weight excluding hydrogens is 454 g/mol. The fourth-order valence-electron chi connectivity index (χ4n) is 4.12. The highest BCUT2D eigenvalue weighted by Gasteiger charge is 2.30. The van der Waals surface area contributed by atoms with Gasteiger partial charge in [-0.25, -0.2) is 0 Å². The molecule has 1 aliphatic heterocycles. The maximum atomic E-state index is 12.6. The average Bonchev–Trinajstić information content (AvgIpc) is 3.22. The predicted molar refractivity (Wildman–Crippen MR) is 140 cm³/mol. The molecule has 2 aromatic heterocycles. The summed E-state index contributed by atoms with van der Waals surface area (Å²) >= 11 is 0. The summed E-state index contributed by atoms with van der Waals surface area (Å²) in [6, 6.07) is 18.1. The topological polar surface area (TPSA) is 92.5 Å². The first-order chi connectivity index (χ1) is 17.3. The van der Waals surface area contributed by atoms with E-state index in [1.165, 1.54) is 5.56 Å². The summed E-state index contributed by atoms with van der Waals surface area (Å²) < 4.78 is 11.8. The highest BCUT2D eigenvalue weighted by atomic mass is 16.5. The summed E-state index contributed by atoms with van der Waals surface area (Å²) in [5.74, 6) is 1.40. The number of hydrogen-bond donors (Lipinski definition) is 2. The molecule has 36 heavy (non-hydrogen) atoms. The van der Waals surface area contributed by atoms with E-state index in [9.17, 15) is 4.79 Å². The SMILES string of the molecule is CC(C)c1ccc(Nc2nc3cc(Oc4ccnc(C(=O)NC5CN(C(C)C)C5)c4)ccc3o2)cc1. The maximum absolute atomic E-state index is 12.6. The second-order valence-corrected chi connectivity index (χ2v) is 9.75. The molecule has 0 bridgehead atoms. The van der Waals surface area contributed by atoms with Crippen LogP contribution in [0.1, 0.15) is 49.7 Å². The van der Waals surface area contributed by atoms with Crippen LogP contribution in [-0.2, 0) is 0 Å². The number of oxazole rings is 1. The lowest BCUT2D eigenvalue weighted by Gasteiger charge is -2.42. The van der Waals surface area contributed by atoms with Crippen molar-refractivity contribution in [2.45, 2.75) is 45.7 Å². The zero-order valence-corrected chi connectivity index (χ0v) is 21.0. The molecule has 2 aromatic carbocycles. The quantitative estimate of drug-likeness (QED) is 0.330. The zero-order chi connectivity index (χ0) is 25.2. The maximum Gasteiger partial charge on any atom is 0.300 e. The third-order valence-electron chi connectivity index (χ3n) is 6.36. The Kier molecular flexibility index (Phi) is 6.61. The van der Waals surface area contributed by atoms with Gasteiger partial charge in [0, 0.05) is 43.1 Å². The Morgan fingerprint density at radius 3 is 2.50 bits per heavy atom. The first-order valence-corrected chi connectivity index (χ1v) is 12.3. The Morgan fingerprint density at radius 2 is 1.78 bits per heavy atom. The van der Waals surface area contributed by atoms with Gasteiger partial charge in [-0.1, -0.05) is 26.0 Å². The minimum absolute atomic E-state index is 0.150. The fraction of sp³-hybridized carbons (Fsp3) is 0.321. The van der Waals surface area contributed by atoms with E-state index < -0.39 is 0 Å². The van der Waals surface area contributed by atoms with Crippen LogP contribution in [0.5, 0.6) is 11.5 Å². The summed E-state index contributed by atoms with van der Waals surface area (Å²) in [4.78, 5) is 23.7. The van der Waals surface area contributed by atoms with E-state index >= 15 is 0 Å². The number of rotatable bonds is 8. The molecule has 2 N–H and O–H groups in total. The van der Waals surface area contributed by atoms with Crippen molar-refractivity contribution in [1.82, 2.24) is 20.2 Å². The summed E-state index contributed by atoms with van der Waals surface area (Å²) in [5.41, 5.74) is 3.82. The molecule has 5 rings (SSSR count). The van der Waals surface area contributed by atoms with Gasteiger partial charge in [0.2, 0.25) is 0 Å². The number of carbonyl (C=O) groups is 1. The third kappa shape index (κ3) is 5.33. The van der Waals surface area contributed by atoms with Crippen LogP contribution < -0.4 is 15.4 Å². The first kappa shape index (κ1) is 23.8. The largest absolute Gasteiger partial charge is 0.457 e. The fourth-order valence-corrected chi connectivity index (χ4v) is 4.12. The number of fused-ring (bicyclic) bond motifs is 1. The second kappa shape index (κ2) is 9.99. The van der Waals surface area contributed by atoms with E-state index in [1.54, 1.807) is 24.4 Å². The van der Waals surface area contributed by atoms with Crippen LogP contribution in [0, 0.1) is 0 Å². The van der Waals surface area contributed by atoms with Gasteiger partial charge in [0.25, 0.3) is 11.9 Å². The molecule has 0 saturated carbocycles. The number of benzene rings is 2. The lowest BCUT2D eigenvalue weighted by molar-refractivity contribution is 0.0710. The number of nitrogens with one attached hydrogen (secondary N) is 2. The average molecular weight is 486 g/mol. The van der Waals surface area contributed by atoms with Crippen molar-refractivity contribution in [3.05, 3.63) is 72.1 Å². The Bertz CT molecular complexity index is 1360. The van der Waals surface area contributed by atoms with Crippen molar-refractivity contribution < 1.29 is 13.9 Å². The van der Waals surface area contributed by atoms with E-state index in [1.807, 2.05) is 24.3 Å². The molecular formula is C28H31N5O3. The number of nitrogens with zero attached hydrogens (tertiary/aromatic N) is 3.